The number of nitrogens with one attached hydrogen (secondary N) is 2. The molecule has 0 aliphatic carbocycles. The Morgan fingerprint density at radius 1 is 1.00 bits per heavy atom. The fourth-order valence-electron chi connectivity index (χ4n) is 2.68. The van der Waals surface area contributed by atoms with Gasteiger partial charge in [0.25, 0.3) is 15.9 Å². The Labute approximate surface area is 174 Å². The van der Waals surface area contributed by atoms with Crippen LogP contribution in [0.15, 0.2) is 71.9 Å². The summed E-state index contributed by atoms with van der Waals surface area (Å²) in [4.78, 5) is 16.1. The van der Waals surface area contributed by atoms with Crippen LogP contribution in [0.5, 0.6) is 11.5 Å². The van der Waals surface area contributed by atoms with Crippen LogP contribution in [-0.2, 0) is 14.8 Å². The van der Waals surface area contributed by atoms with Gasteiger partial charge in [-0.25, -0.2) is 8.42 Å². The van der Waals surface area contributed by atoms with Gasteiger partial charge < -0.3 is 14.8 Å². The van der Waals surface area contributed by atoms with E-state index >= 15 is 0 Å². The maximum atomic E-state index is 12.7. The Bertz CT molecular complexity index is 1130. The third-order valence-corrected chi connectivity index (χ3v) is 5.63. The quantitative estimate of drug-likeness (QED) is 0.572. The summed E-state index contributed by atoms with van der Waals surface area (Å²) >= 11 is 0. The molecule has 0 radical (unpaired) electrons. The first kappa shape index (κ1) is 21.1. The van der Waals surface area contributed by atoms with E-state index in [2.05, 4.69) is 15.0 Å². The van der Waals surface area contributed by atoms with Gasteiger partial charge in [-0.05, 0) is 30.7 Å². The third kappa shape index (κ3) is 5.48. The number of hydrogen-bond donors (Lipinski definition) is 2. The van der Waals surface area contributed by atoms with Crippen molar-refractivity contribution in [3.8, 4) is 11.5 Å². The molecule has 0 aliphatic rings. The van der Waals surface area contributed by atoms with E-state index in [0.717, 1.165) is 0 Å². The van der Waals surface area contributed by atoms with Crippen LogP contribution < -0.4 is 19.5 Å². The highest BCUT2D eigenvalue weighted by molar-refractivity contribution is 7.92. The molecule has 2 N–H and O–H groups in total. The SMILES string of the molecule is COc1cc(NS(=O)(=O)c2ccccc2C)cc(OCC(=O)Nc2ccncc2)c1. The van der Waals surface area contributed by atoms with Crippen molar-refractivity contribution in [1.29, 1.82) is 0 Å². The van der Waals surface area contributed by atoms with Gasteiger partial charge >= 0.3 is 0 Å². The van der Waals surface area contributed by atoms with E-state index < -0.39 is 10.0 Å². The number of aryl methyl sites for hydroxylation is 1. The first-order valence-electron chi connectivity index (χ1n) is 8.97. The van der Waals surface area contributed by atoms with E-state index in [9.17, 15) is 13.2 Å². The maximum absolute atomic E-state index is 12.7. The number of benzene rings is 2. The molecule has 9 heteroatoms. The summed E-state index contributed by atoms with van der Waals surface area (Å²) in [5, 5.41) is 2.67. The molecule has 3 aromatic rings. The van der Waals surface area contributed by atoms with E-state index in [1.807, 2.05) is 0 Å². The fraction of sp³-hybridized carbons (Fsp3) is 0.143. The summed E-state index contributed by atoms with van der Waals surface area (Å²) in [6, 6.07) is 14.5. The van der Waals surface area contributed by atoms with Gasteiger partial charge in [0, 0.05) is 36.3 Å². The predicted molar refractivity (Wildman–Crippen MR) is 113 cm³/mol. The fourth-order valence-corrected chi connectivity index (χ4v) is 3.97. The molecule has 0 saturated heterocycles. The lowest BCUT2D eigenvalue weighted by atomic mass is 10.2. The van der Waals surface area contributed by atoms with Gasteiger partial charge in [0.1, 0.15) is 11.5 Å². The molecule has 0 aliphatic heterocycles. The zero-order chi connectivity index (χ0) is 21.6. The number of ether oxygens (including phenoxy) is 2. The van der Waals surface area contributed by atoms with Crippen LogP contribution in [0.1, 0.15) is 5.56 Å². The number of hydrogen-bond acceptors (Lipinski definition) is 6. The molecule has 0 spiro atoms. The molecule has 1 heterocycles. The van der Waals surface area contributed by atoms with E-state index in [4.69, 9.17) is 9.47 Å². The van der Waals surface area contributed by atoms with Crippen molar-refractivity contribution in [2.45, 2.75) is 11.8 Å². The number of pyridine rings is 1. The van der Waals surface area contributed by atoms with E-state index in [1.165, 1.54) is 25.3 Å². The molecule has 0 saturated carbocycles. The molecule has 2 aromatic carbocycles. The van der Waals surface area contributed by atoms with Gasteiger partial charge in [0.05, 0.1) is 17.7 Å². The van der Waals surface area contributed by atoms with Crippen LogP contribution in [0, 0.1) is 6.92 Å². The highest BCUT2D eigenvalue weighted by atomic mass is 32.2. The summed E-state index contributed by atoms with van der Waals surface area (Å²) in [5.74, 6) is 0.289. The maximum Gasteiger partial charge on any atom is 0.262 e. The van der Waals surface area contributed by atoms with Crippen molar-refractivity contribution < 1.29 is 22.7 Å². The van der Waals surface area contributed by atoms with Crippen LogP contribution in [0.2, 0.25) is 0 Å². The molecule has 0 fully saturated rings. The second kappa shape index (κ2) is 9.27. The Kier molecular flexibility index (Phi) is 6.53. The zero-order valence-electron chi connectivity index (χ0n) is 16.5. The normalized spacial score (nSPS) is 10.9. The topological polar surface area (TPSA) is 107 Å². The summed E-state index contributed by atoms with van der Waals surface area (Å²) in [7, 11) is -2.35. The van der Waals surface area contributed by atoms with Crippen molar-refractivity contribution >= 4 is 27.3 Å². The first-order chi connectivity index (χ1) is 14.4. The van der Waals surface area contributed by atoms with Gasteiger partial charge in [-0.3, -0.25) is 14.5 Å². The molecule has 8 nitrogen and oxygen atoms in total. The molecular weight excluding hydrogens is 406 g/mol. The van der Waals surface area contributed by atoms with E-state index in [-0.39, 0.29) is 28.8 Å². The van der Waals surface area contributed by atoms with E-state index in [0.29, 0.717) is 17.0 Å². The zero-order valence-corrected chi connectivity index (χ0v) is 17.3. The molecule has 0 bridgehead atoms. The molecule has 30 heavy (non-hydrogen) atoms. The number of rotatable bonds is 8. The highest BCUT2D eigenvalue weighted by Gasteiger charge is 2.17. The standard InChI is InChI=1S/C21H21N3O5S/c1-15-5-3-4-6-20(15)30(26,27)24-17-11-18(28-2)13-19(12-17)29-14-21(25)23-16-7-9-22-10-8-16/h3-13,24H,14H2,1-2H3,(H,22,23,25). The average molecular weight is 427 g/mol. The molecule has 1 aromatic heterocycles. The van der Waals surface area contributed by atoms with E-state index in [1.54, 1.807) is 55.7 Å². The lowest BCUT2D eigenvalue weighted by Gasteiger charge is -2.13. The Hall–Kier alpha value is -3.59. The number of nitrogens with zero attached hydrogens (tertiary/aromatic N) is 1. The third-order valence-electron chi connectivity index (χ3n) is 4.09. The van der Waals surface area contributed by atoms with Crippen molar-refractivity contribution in [2.24, 2.45) is 0 Å². The van der Waals surface area contributed by atoms with Gasteiger partial charge in [0.15, 0.2) is 6.61 Å². The number of carbonyl (C=O) groups is 1. The lowest BCUT2D eigenvalue weighted by molar-refractivity contribution is -0.118. The molecule has 156 valence electrons. The molecule has 0 unspecified atom stereocenters. The lowest BCUT2D eigenvalue weighted by Crippen LogP contribution is -2.20. The van der Waals surface area contributed by atoms with Crippen molar-refractivity contribution in [1.82, 2.24) is 4.98 Å². The van der Waals surface area contributed by atoms with Gasteiger partial charge in [-0.15, -0.1) is 0 Å². The van der Waals surface area contributed by atoms with Crippen molar-refractivity contribution in [3.63, 3.8) is 0 Å². The van der Waals surface area contributed by atoms with Gasteiger partial charge in [-0.1, -0.05) is 18.2 Å². The van der Waals surface area contributed by atoms with Gasteiger partial charge in [0.2, 0.25) is 0 Å². The Morgan fingerprint density at radius 2 is 1.70 bits per heavy atom. The number of methoxy groups -OCH3 is 1. The summed E-state index contributed by atoms with van der Waals surface area (Å²) in [6.45, 7) is 1.45. The summed E-state index contributed by atoms with van der Waals surface area (Å²) in [5.41, 5.74) is 1.47. The minimum atomic E-state index is -3.80. The van der Waals surface area contributed by atoms with Crippen LogP contribution in [0.3, 0.4) is 0 Å². The second-order valence-electron chi connectivity index (χ2n) is 6.34. The minimum absolute atomic E-state index is 0.173. The minimum Gasteiger partial charge on any atom is -0.497 e. The summed E-state index contributed by atoms with van der Waals surface area (Å²) < 4.78 is 38.7. The van der Waals surface area contributed by atoms with Crippen LogP contribution in [0.4, 0.5) is 11.4 Å². The number of carbonyl (C=O) groups excluding carboxylic acids is 1. The molecule has 1 amide bonds. The predicted octanol–water partition coefficient (Wildman–Crippen LogP) is 3.22. The first-order valence-corrected chi connectivity index (χ1v) is 10.5. The largest absolute Gasteiger partial charge is 0.497 e. The summed E-state index contributed by atoms with van der Waals surface area (Å²) in [6.07, 6.45) is 3.12. The molecule has 0 atom stereocenters. The van der Waals surface area contributed by atoms with Crippen LogP contribution >= 0.6 is 0 Å². The molecular formula is C21H21N3O5S. The monoisotopic (exact) mass is 427 g/mol. The molecule has 3 rings (SSSR count). The highest BCUT2D eigenvalue weighted by Crippen LogP contribution is 2.28. The number of aromatic nitrogens is 1. The second-order valence-corrected chi connectivity index (χ2v) is 7.99. The Balaban J connectivity index is 1.73. The van der Waals surface area contributed by atoms with Crippen LogP contribution in [0.25, 0.3) is 0 Å². The average Bonchev–Trinajstić information content (AvgIpc) is 2.72. The Morgan fingerprint density at radius 3 is 2.40 bits per heavy atom. The number of sulfonamides is 1. The van der Waals surface area contributed by atoms with Crippen LogP contribution in [-0.4, -0.2) is 33.0 Å². The van der Waals surface area contributed by atoms with Crippen molar-refractivity contribution in [2.75, 3.05) is 23.8 Å². The smallest absolute Gasteiger partial charge is 0.262 e. The van der Waals surface area contributed by atoms with Gasteiger partial charge in [-0.2, -0.15) is 0 Å². The van der Waals surface area contributed by atoms with Crippen molar-refractivity contribution in [3.05, 3.63) is 72.6 Å². The number of anilines is 2. The number of amides is 1.